The number of amides is 1. The van der Waals surface area contributed by atoms with Crippen molar-refractivity contribution in [2.75, 3.05) is 0 Å². The van der Waals surface area contributed by atoms with Crippen LogP contribution in [-0.4, -0.2) is 21.7 Å². The highest BCUT2D eigenvalue weighted by Gasteiger charge is 2.36. The van der Waals surface area contributed by atoms with E-state index in [1.807, 2.05) is 6.07 Å². The summed E-state index contributed by atoms with van der Waals surface area (Å²) in [6, 6.07) is 13.4. The van der Waals surface area contributed by atoms with Crippen LogP contribution in [0.2, 0.25) is 0 Å². The molecule has 2 rings (SSSR count). The zero-order chi connectivity index (χ0) is 18.6. The molecule has 2 aromatic rings. The number of rotatable bonds is 5. The normalized spacial score (nSPS) is 12.4. The molecule has 0 aliphatic carbocycles. The largest absolute Gasteiger partial charge is 0.466 e. The summed E-state index contributed by atoms with van der Waals surface area (Å²) >= 11 is 17.8. The zero-order valence-corrected chi connectivity index (χ0v) is 15.8. The van der Waals surface area contributed by atoms with Crippen LogP contribution < -0.4 is 10.1 Å². The smallest absolute Gasteiger partial charge is 0.254 e. The molecule has 0 fully saturated rings. The predicted octanol–water partition coefficient (Wildman–Crippen LogP) is 4.70. The number of carbonyl (C=O) groups is 2. The van der Waals surface area contributed by atoms with E-state index >= 15 is 0 Å². The number of ether oxygens (including phenoxy) is 1. The standard InChI is InChI=1S/C18H16Cl3NO3/c1-11-5-3-4-6-15(11)16(24)22-17(18(19,20)21)25-14-9-7-13(8-10-14)12(2)23/h3-10,17H,1-2H3,(H,22,24)/t17-/m1/s1. The zero-order valence-electron chi connectivity index (χ0n) is 13.6. The quantitative estimate of drug-likeness (QED) is 0.449. The highest BCUT2D eigenvalue weighted by molar-refractivity contribution is 6.68. The first kappa shape index (κ1) is 19.6. The van der Waals surface area contributed by atoms with Gasteiger partial charge in [-0.25, -0.2) is 0 Å². The minimum absolute atomic E-state index is 0.0719. The number of alkyl halides is 3. The molecule has 1 atom stereocenters. The number of benzene rings is 2. The predicted molar refractivity (Wildman–Crippen MR) is 99.8 cm³/mol. The van der Waals surface area contributed by atoms with Crippen molar-refractivity contribution in [2.45, 2.75) is 23.9 Å². The fourth-order valence-electron chi connectivity index (χ4n) is 2.11. The van der Waals surface area contributed by atoms with Crippen molar-refractivity contribution in [1.82, 2.24) is 5.32 Å². The van der Waals surface area contributed by atoms with Gasteiger partial charge in [-0.15, -0.1) is 0 Å². The monoisotopic (exact) mass is 399 g/mol. The van der Waals surface area contributed by atoms with Gasteiger partial charge in [0.15, 0.2) is 5.78 Å². The number of ketones is 1. The molecule has 0 bridgehead atoms. The van der Waals surface area contributed by atoms with Gasteiger partial charge in [-0.2, -0.15) is 0 Å². The Morgan fingerprint density at radius 3 is 2.16 bits per heavy atom. The number of Topliss-reactive ketones (excluding diaryl/α,β-unsaturated/α-hetero) is 1. The topological polar surface area (TPSA) is 55.4 Å². The summed E-state index contributed by atoms with van der Waals surface area (Å²) in [4.78, 5) is 23.8. The van der Waals surface area contributed by atoms with Crippen LogP contribution in [0.25, 0.3) is 0 Å². The Labute approximate surface area is 161 Å². The number of carbonyl (C=O) groups excluding carboxylic acids is 2. The molecule has 0 saturated carbocycles. The van der Waals surface area contributed by atoms with Gasteiger partial charge in [-0.3, -0.25) is 9.59 Å². The van der Waals surface area contributed by atoms with Gasteiger partial charge in [0.05, 0.1) is 0 Å². The van der Waals surface area contributed by atoms with Crippen LogP contribution in [0, 0.1) is 6.92 Å². The molecule has 0 aliphatic rings. The summed E-state index contributed by atoms with van der Waals surface area (Å²) in [6.45, 7) is 3.27. The fraction of sp³-hybridized carbons (Fsp3) is 0.222. The molecule has 4 nitrogen and oxygen atoms in total. The molecule has 0 unspecified atom stereocenters. The van der Waals surface area contributed by atoms with Crippen LogP contribution in [-0.2, 0) is 0 Å². The Morgan fingerprint density at radius 1 is 1.04 bits per heavy atom. The van der Waals surface area contributed by atoms with E-state index in [9.17, 15) is 9.59 Å². The number of hydrogen-bond acceptors (Lipinski definition) is 3. The summed E-state index contributed by atoms with van der Waals surface area (Å²) in [5.41, 5.74) is 1.77. The summed E-state index contributed by atoms with van der Waals surface area (Å²) < 4.78 is 3.72. The van der Waals surface area contributed by atoms with Gasteiger partial charge in [0.1, 0.15) is 5.75 Å². The number of halogens is 3. The highest BCUT2D eigenvalue weighted by Crippen LogP contribution is 2.32. The second-order valence-electron chi connectivity index (χ2n) is 5.41. The van der Waals surface area contributed by atoms with Crippen LogP contribution in [0.4, 0.5) is 0 Å². The lowest BCUT2D eigenvalue weighted by Crippen LogP contribution is -2.48. The first-order valence-corrected chi connectivity index (χ1v) is 8.52. The van der Waals surface area contributed by atoms with Crippen molar-refractivity contribution >= 4 is 46.5 Å². The second-order valence-corrected chi connectivity index (χ2v) is 7.78. The molecule has 1 amide bonds. The summed E-state index contributed by atoms with van der Waals surface area (Å²) in [5, 5.41) is 2.58. The average Bonchev–Trinajstić information content (AvgIpc) is 2.54. The maximum Gasteiger partial charge on any atom is 0.254 e. The van der Waals surface area contributed by atoms with Crippen molar-refractivity contribution in [1.29, 1.82) is 0 Å². The molecule has 0 aromatic heterocycles. The lowest BCUT2D eigenvalue weighted by Gasteiger charge is -2.26. The van der Waals surface area contributed by atoms with Crippen molar-refractivity contribution in [3.8, 4) is 5.75 Å². The van der Waals surface area contributed by atoms with Gasteiger partial charge in [0.2, 0.25) is 10.0 Å². The third-order valence-corrected chi connectivity index (χ3v) is 4.06. The van der Waals surface area contributed by atoms with E-state index in [2.05, 4.69) is 5.32 Å². The van der Waals surface area contributed by atoms with Crippen molar-refractivity contribution in [3.63, 3.8) is 0 Å². The maximum atomic E-state index is 12.4. The van der Waals surface area contributed by atoms with Gasteiger partial charge in [-0.1, -0.05) is 53.0 Å². The lowest BCUT2D eigenvalue weighted by atomic mass is 10.1. The fourth-order valence-corrected chi connectivity index (χ4v) is 2.40. The lowest BCUT2D eigenvalue weighted by molar-refractivity contribution is 0.0832. The maximum absolute atomic E-state index is 12.4. The van der Waals surface area contributed by atoms with Crippen molar-refractivity contribution < 1.29 is 14.3 Å². The van der Waals surface area contributed by atoms with E-state index in [4.69, 9.17) is 39.5 Å². The van der Waals surface area contributed by atoms with E-state index in [-0.39, 0.29) is 5.78 Å². The highest BCUT2D eigenvalue weighted by atomic mass is 35.6. The molecular formula is C18H16Cl3NO3. The molecular weight excluding hydrogens is 385 g/mol. The van der Waals surface area contributed by atoms with Crippen LogP contribution in [0.1, 0.15) is 33.2 Å². The van der Waals surface area contributed by atoms with Crippen molar-refractivity contribution in [2.24, 2.45) is 0 Å². The van der Waals surface area contributed by atoms with Gasteiger partial charge in [-0.05, 0) is 49.7 Å². The number of hydrogen-bond donors (Lipinski definition) is 1. The Morgan fingerprint density at radius 2 is 1.64 bits per heavy atom. The summed E-state index contributed by atoms with van der Waals surface area (Å²) in [5.74, 6) is -0.140. The van der Waals surface area contributed by atoms with E-state index < -0.39 is 15.9 Å². The number of nitrogens with one attached hydrogen (secondary N) is 1. The Balaban J connectivity index is 2.18. The van der Waals surface area contributed by atoms with Crippen LogP contribution in [0.5, 0.6) is 5.75 Å². The van der Waals surface area contributed by atoms with E-state index in [1.165, 1.54) is 6.92 Å². The van der Waals surface area contributed by atoms with Gasteiger partial charge in [0.25, 0.3) is 5.91 Å². The third-order valence-electron chi connectivity index (χ3n) is 3.46. The molecule has 0 saturated heterocycles. The first-order valence-electron chi connectivity index (χ1n) is 7.39. The average molecular weight is 401 g/mol. The first-order chi connectivity index (χ1) is 11.7. The molecule has 1 N–H and O–H groups in total. The van der Waals surface area contributed by atoms with Crippen LogP contribution in [0.15, 0.2) is 48.5 Å². The van der Waals surface area contributed by atoms with Crippen molar-refractivity contribution in [3.05, 3.63) is 65.2 Å². The molecule has 132 valence electrons. The van der Waals surface area contributed by atoms with Crippen LogP contribution >= 0.6 is 34.8 Å². The molecule has 0 aliphatic heterocycles. The third kappa shape index (κ3) is 5.36. The van der Waals surface area contributed by atoms with E-state index in [0.29, 0.717) is 16.9 Å². The van der Waals surface area contributed by atoms with Gasteiger partial charge < -0.3 is 10.1 Å². The second kappa shape index (κ2) is 8.09. The van der Waals surface area contributed by atoms with Gasteiger partial charge in [0, 0.05) is 11.1 Å². The SMILES string of the molecule is CC(=O)c1ccc(O[C@@H](NC(=O)c2ccccc2C)C(Cl)(Cl)Cl)cc1. The molecule has 0 radical (unpaired) electrons. The molecule has 25 heavy (non-hydrogen) atoms. The van der Waals surface area contributed by atoms with E-state index in [1.54, 1.807) is 49.4 Å². The summed E-state index contributed by atoms with van der Waals surface area (Å²) in [6.07, 6.45) is -1.22. The number of aryl methyl sites for hydroxylation is 1. The van der Waals surface area contributed by atoms with Gasteiger partial charge >= 0.3 is 0 Å². The molecule has 2 aromatic carbocycles. The Kier molecular flexibility index (Phi) is 6.33. The van der Waals surface area contributed by atoms with E-state index in [0.717, 1.165) is 5.56 Å². The molecule has 7 heteroatoms. The molecule has 0 spiro atoms. The minimum Gasteiger partial charge on any atom is -0.466 e. The minimum atomic E-state index is -1.89. The van der Waals surface area contributed by atoms with Crippen LogP contribution in [0.3, 0.4) is 0 Å². The Bertz CT molecular complexity index is 770. The Hall–Kier alpha value is -1.75. The summed E-state index contributed by atoms with van der Waals surface area (Å²) in [7, 11) is 0. The molecule has 0 heterocycles.